The highest BCUT2D eigenvalue weighted by Crippen LogP contribution is 2.62. The smallest absolute Gasteiger partial charge is 0.164 e. The van der Waals surface area contributed by atoms with Crippen LogP contribution in [0, 0.1) is 0 Å². The zero-order chi connectivity index (χ0) is 28.4. The summed E-state index contributed by atoms with van der Waals surface area (Å²) in [6.45, 7) is 0. The van der Waals surface area contributed by atoms with Gasteiger partial charge in [-0.1, -0.05) is 133 Å². The first-order valence-electron chi connectivity index (χ1n) is 14.9. The second kappa shape index (κ2) is 9.30. The molecule has 0 atom stereocenters. The normalized spacial score (nSPS) is 15.0. The summed E-state index contributed by atoms with van der Waals surface area (Å²) < 4.78 is 0. The molecule has 3 heteroatoms. The Labute approximate surface area is 251 Å². The van der Waals surface area contributed by atoms with Crippen LogP contribution in [0.5, 0.6) is 0 Å². The fraction of sp³-hybridized carbons (Fsp3) is 0.0750. The lowest BCUT2D eigenvalue weighted by molar-refractivity contribution is 0.794. The van der Waals surface area contributed by atoms with Crippen molar-refractivity contribution in [1.82, 2.24) is 15.0 Å². The fourth-order valence-corrected chi connectivity index (χ4v) is 7.36. The summed E-state index contributed by atoms with van der Waals surface area (Å²) in [4.78, 5) is 15.1. The number of nitrogens with zero attached hydrogens (tertiary/aromatic N) is 3. The van der Waals surface area contributed by atoms with Crippen molar-refractivity contribution >= 4 is 5.57 Å². The minimum atomic E-state index is -0.401. The third-order valence-electron chi connectivity index (χ3n) is 9.18. The van der Waals surface area contributed by atoms with E-state index in [9.17, 15) is 0 Å². The maximum Gasteiger partial charge on any atom is 0.164 e. The predicted molar refractivity (Wildman–Crippen MR) is 173 cm³/mol. The van der Waals surface area contributed by atoms with Crippen LogP contribution in [-0.4, -0.2) is 15.0 Å². The lowest BCUT2D eigenvalue weighted by Crippen LogP contribution is -2.25. The maximum absolute atomic E-state index is 5.09. The molecular formula is C40H27N3. The molecule has 1 spiro atoms. The zero-order valence-corrected chi connectivity index (χ0v) is 23.5. The summed E-state index contributed by atoms with van der Waals surface area (Å²) >= 11 is 0. The number of hydrogen-bond donors (Lipinski definition) is 0. The van der Waals surface area contributed by atoms with Gasteiger partial charge in [0.25, 0.3) is 0 Å². The highest BCUT2D eigenvalue weighted by atomic mass is 15.0. The molecule has 0 saturated carbocycles. The van der Waals surface area contributed by atoms with E-state index >= 15 is 0 Å². The molecule has 3 aliphatic rings. The van der Waals surface area contributed by atoms with Crippen LogP contribution < -0.4 is 0 Å². The van der Waals surface area contributed by atoms with Crippen LogP contribution in [0.4, 0.5) is 0 Å². The Hall–Kier alpha value is -5.41. The van der Waals surface area contributed by atoms with Gasteiger partial charge in [-0.05, 0) is 63.4 Å². The molecule has 3 aliphatic carbocycles. The number of benzene rings is 5. The monoisotopic (exact) mass is 549 g/mol. The number of hydrogen-bond acceptors (Lipinski definition) is 3. The molecule has 0 unspecified atom stereocenters. The molecule has 6 aromatic rings. The Balaban J connectivity index is 1.31. The Morgan fingerprint density at radius 2 is 0.977 bits per heavy atom. The second-order valence-corrected chi connectivity index (χ2v) is 11.5. The van der Waals surface area contributed by atoms with E-state index in [1.165, 1.54) is 44.5 Å². The largest absolute Gasteiger partial charge is 0.208 e. The average Bonchev–Trinajstić information content (AvgIpc) is 3.56. The van der Waals surface area contributed by atoms with Crippen molar-refractivity contribution < 1.29 is 0 Å². The van der Waals surface area contributed by atoms with E-state index in [-0.39, 0.29) is 0 Å². The SMILES string of the molecule is C1=CC(c2nc(-c3ccccc3)nc(-c3ccc4c(c3)C3(c5ccccc5-c5ccccc53)c3ccccc3-4)n2)=CCC1. The van der Waals surface area contributed by atoms with E-state index in [0.717, 1.165) is 35.4 Å². The van der Waals surface area contributed by atoms with E-state index in [1.54, 1.807) is 0 Å². The van der Waals surface area contributed by atoms with Gasteiger partial charge < -0.3 is 0 Å². The molecule has 202 valence electrons. The molecule has 1 aromatic heterocycles. The van der Waals surface area contributed by atoms with E-state index in [0.29, 0.717) is 11.6 Å². The molecule has 0 saturated heterocycles. The number of rotatable bonds is 3. The summed E-state index contributed by atoms with van der Waals surface area (Å²) in [7, 11) is 0. The molecule has 0 amide bonds. The lowest BCUT2D eigenvalue weighted by atomic mass is 9.70. The molecule has 9 rings (SSSR count). The van der Waals surface area contributed by atoms with Crippen LogP contribution in [0.15, 0.2) is 140 Å². The van der Waals surface area contributed by atoms with Gasteiger partial charge in [0.15, 0.2) is 17.5 Å². The van der Waals surface area contributed by atoms with E-state index < -0.39 is 5.41 Å². The van der Waals surface area contributed by atoms with Crippen LogP contribution in [0.3, 0.4) is 0 Å². The van der Waals surface area contributed by atoms with Gasteiger partial charge in [0.05, 0.1) is 5.41 Å². The first kappa shape index (κ1) is 24.2. The van der Waals surface area contributed by atoms with Crippen LogP contribution in [-0.2, 0) is 5.41 Å². The van der Waals surface area contributed by atoms with Gasteiger partial charge >= 0.3 is 0 Å². The van der Waals surface area contributed by atoms with E-state index in [2.05, 4.69) is 121 Å². The topological polar surface area (TPSA) is 38.7 Å². The molecule has 1 heterocycles. The Morgan fingerprint density at radius 1 is 0.442 bits per heavy atom. The van der Waals surface area contributed by atoms with Crippen LogP contribution in [0.2, 0.25) is 0 Å². The van der Waals surface area contributed by atoms with Gasteiger partial charge in [0, 0.05) is 16.7 Å². The Morgan fingerprint density at radius 3 is 1.58 bits per heavy atom. The second-order valence-electron chi connectivity index (χ2n) is 11.5. The number of aromatic nitrogens is 3. The lowest BCUT2D eigenvalue weighted by Gasteiger charge is -2.30. The maximum atomic E-state index is 5.09. The molecule has 5 aromatic carbocycles. The van der Waals surface area contributed by atoms with Gasteiger partial charge in [0.1, 0.15) is 0 Å². The van der Waals surface area contributed by atoms with Crippen molar-refractivity contribution in [2.24, 2.45) is 0 Å². The van der Waals surface area contributed by atoms with E-state index in [1.807, 2.05) is 18.2 Å². The fourth-order valence-electron chi connectivity index (χ4n) is 7.36. The van der Waals surface area contributed by atoms with Crippen molar-refractivity contribution in [2.45, 2.75) is 18.3 Å². The average molecular weight is 550 g/mol. The molecule has 0 N–H and O–H groups in total. The quantitative estimate of drug-likeness (QED) is 0.220. The highest BCUT2D eigenvalue weighted by Gasteiger charge is 2.51. The Kier molecular flexibility index (Phi) is 5.24. The van der Waals surface area contributed by atoms with Crippen molar-refractivity contribution in [1.29, 1.82) is 0 Å². The third kappa shape index (κ3) is 3.45. The summed E-state index contributed by atoms with van der Waals surface area (Å²) in [5.41, 5.74) is 13.1. The molecule has 3 nitrogen and oxygen atoms in total. The minimum absolute atomic E-state index is 0.401. The zero-order valence-electron chi connectivity index (χ0n) is 23.5. The molecule has 43 heavy (non-hydrogen) atoms. The summed E-state index contributed by atoms with van der Waals surface area (Å²) in [6.07, 6.45) is 8.61. The molecular weight excluding hydrogens is 522 g/mol. The molecule has 0 radical (unpaired) electrons. The first-order valence-corrected chi connectivity index (χ1v) is 14.9. The third-order valence-corrected chi connectivity index (χ3v) is 9.18. The first-order chi connectivity index (χ1) is 21.3. The highest BCUT2D eigenvalue weighted by molar-refractivity contribution is 5.95. The summed E-state index contributed by atoms with van der Waals surface area (Å²) in [5.74, 6) is 2.10. The van der Waals surface area contributed by atoms with Crippen LogP contribution in [0.25, 0.3) is 50.6 Å². The van der Waals surface area contributed by atoms with Gasteiger partial charge in [-0.15, -0.1) is 0 Å². The van der Waals surface area contributed by atoms with Gasteiger partial charge in [-0.2, -0.15) is 0 Å². The van der Waals surface area contributed by atoms with Crippen LogP contribution in [0.1, 0.15) is 40.9 Å². The van der Waals surface area contributed by atoms with Crippen molar-refractivity contribution in [3.05, 3.63) is 168 Å². The predicted octanol–water partition coefficient (Wildman–Crippen LogP) is 9.28. The molecule has 0 fully saturated rings. The van der Waals surface area contributed by atoms with Crippen molar-refractivity contribution in [3.8, 4) is 45.0 Å². The van der Waals surface area contributed by atoms with E-state index in [4.69, 9.17) is 15.0 Å². The number of fused-ring (bicyclic) bond motifs is 10. The van der Waals surface area contributed by atoms with Crippen LogP contribution >= 0.6 is 0 Å². The summed E-state index contributed by atoms with van der Waals surface area (Å²) in [6, 6.07) is 43.7. The van der Waals surface area contributed by atoms with Gasteiger partial charge in [-0.3, -0.25) is 0 Å². The van der Waals surface area contributed by atoms with Crippen molar-refractivity contribution in [2.75, 3.05) is 0 Å². The number of allylic oxidation sites excluding steroid dienone is 4. The summed E-state index contributed by atoms with van der Waals surface area (Å²) in [5, 5.41) is 0. The van der Waals surface area contributed by atoms with Gasteiger partial charge in [0.2, 0.25) is 0 Å². The van der Waals surface area contributed by atoms with Gasteiger partial charge in [-0.25, -0.2) is 15.0 Å². The minimum Gasteiger partial charge on any atom is -0.208 e. The standard InChI is InChI=1S/C40H27N3/c1-3-13-26(14-4-1)37-41-38(27-15-5-2-6-16-27)43-39(42-37)28-23-24-32-31-19-9-12-22-35(31)40(36(32)25-28)33-20-10-7-17-29(33)30-18-8-11-21-34(30)40/h1,3-5,7-25H,2,6H2. The molecule has 0 aliphatic heterocycles. The van der Waals surface area contributed by atoms with Crippen molar-refractivity contribution in [3.63, 3.8) is 0 Å². The Bertz CT molecular complexity index is 2070. The molecule has 0 bridgehead atoms.